The van der Waals surface area contributed by atoms with Gasteiger partial charge in [-0.15, -0.1) is 11.6 Å². The van der Waals surface area contributed by atoms with Crippen molar-refractivity contribution < 1.29 is 4.74 Å². The van der Waals surface area contributed by atoms with Crippen LogP contribution in [-0.2, 0) is 13.0 Å². The first-order chi connectivity index (χ1) is 9.81. The molecule has 2 rings (SSSR count). The Kier molecular flexibility index (Phi) is 6.05. The summed E-state index contributed by atoms with van der Waals surface area (Å²) >= 11 is 7.80. The molecule has 0 spiro atoms. The highest BCUT2D eigenvalue weighted by molar-refractivity contribution is 7.98. The number of aryl methyl sites for hydroxylation is 2. The number of unbranched alkanes of at least 4 members (excludes halogenated alkanes) is 1. The number of ether oxygens (including phenoxy) is 1. The predicted octanol–water partition coefficient (Wildman–Crippen LogP) is 3.97. The van der Waals surface area contributed by atoms with Gasteiger partial charge in [0.1, 0.15) is 17.1 Å². The number of thioether (sulfide) groups is 1. The van der Waals surface area contributed by atoms with Crippen molar-refractivity contribution in [2.24, 2.45) is 0 Å². The SMILES string of the molecule is COc1cccc2c1nc(CCCl)n2CCCCSC. The number of hydrogen-bond acceptors (Lipinski definition) is 3. The lowest BCUT2D eigenvalue weighted by molar-refractivity contribution is 0.419. The van der Waals surface area contributed by atoms with E-state index in [9.17, 15) is 0 Å². The molecule has 0 saturated heterocycles. The Morgan fingerprint density at radius 1 is 1.35 bits per heavy atom. The van der Waals surface area contributed by atoms with Crippen LogP contribution >= 0.6 is 23.4 Å². The molecule has 0 saturated carbocycles. The topological polar surface area (TPSA) is 27.1 Å². The van der Waals surface area contributed by atoms with Crippen LogP contribution in [-0.4, -0.2) is 34.5 Å². The van der Waals surface area contributed by atoms with Crippen LogP contribution in [0.5, 0.6) is 5.75 Å². The summed E-state index contributed by atoms with van der Waals surface area (Å²) in [5, 5.41) is 0. The molecule has 110 valence electrons. The molecule has 1 heterocycles. The number of halogens is 1. The summed E-state index contributed by atoms with van der Waals surface area (Å²) in [6, 6.07) is 6.08. The van der Waals surface area contributed by atoms with Crippen molar-refractivity contribution in [3.8, 4) is 5.75 Å². The van der Waals surface area contributed by atoms with Gasteiger partial charge in [0.05, 0.1) is 12.6 Å². The van der Waals surface area contributed by atoms with Crippen molar-refractivity contribution in [1.82, 2.24) is 9.55 Å². The number of hydrogen-bond donors (Lipinski definition) is 0. The second-order valence-corrected chi connectivity index (χ2v) is 6.01. The highest BCUT2D eigenvalue weighted by Crippen LogP contribution is 2.26. The van der Waals surface area contributed by atoms with E-state index in [1.807, 2.05) is 23.9 Å². The van der Waals surface area contributed by atoms with Crippen molar-refractivity contribution >= 4 is 34.4 Å². The lowest BCUT2D eigenvalue weighted by atomic mass is 10.2. The average Bonchev–Trinajstić information content (AvgIpc) is 2.82. The van der Waals surface area contributed by atoms with Crippen LogP contribution in [0.1, 0.15) is 18.7 Å². The maximum absolute atomic E-state index is 5.91. The molecule has 2 aromatic rings. The molecule has 0 radical (unpaired) electrons. The number of alkyl halides is 1. The fraction of sp³-hybridized carbons (Fsp3) is 0.533. The van der Waals surface area contributed by atoms with Gasteiger partial charge in [-0.25, -0.2) is 4.98 Å². The molecule has 0 fully saturated rings. The summed E-state index contributed by atoms with van der Waals surface area (Å²) in [5.41, 5.74) is 2.09. The van der Waals surface area contributed by atoms with Crippen molar-refractivity contribution in [1.29, 1.82) is 0 Å². The van der Waals surface area contributed by atoms with Crippen molar-refractivity contribution in [3.63, 3.8) is 0 Å². The lowest BCUT2D eigenvalue weighted by Crippen LogP contribution is -2.05. The highest BCUT2D eigenvalue weighted by atomic mass is 35.5. The predicted molar refractivity (Wildman–Crippen MR) is 88.3 cm³/mol. The van der Waals surface area contributed by atoms with E-state index >= 15 is 0 Å². The first-order valence-corrected chi connectivity index (χ1v) is 8.81. The van der Waals surface area contributed by atoms with Crippen LogP contribution < -0.4 is 4.74 Å². The third kappa shape index (κ3) is 3.41. The van der Waals surface area contributed by atoms with Gasteiger partial charge in [-0.05, 0) is 37.0 Å². The first kappa shape index (κ1) is 15.5. The van der Waals surface area contributed by atoms with Gasteiger partial charge in [0.2, 0.25) is 0 Å². The summed E-state index contributed by atoms with van der Waals surface area (Å²) < 4.78 is 7.70. The van der Waals surface area contributed by atoms with E-state index in [-0.39, 0.29) is 0 Å². The maximum Gasteiger partial charge on any atom is 0.146 e. The third-order valence-corrected chi connectivity index (χ3v) is 4.23. The van der Waals surface area contributed by atoms with E-state index in [2.05, 4.69) is 16.9 Å². The zero-order valence-corrected chi connectivity index (χ0v) is 13.6. The van der Waals surface area contributed by atoms with Crippen LogP contribution in [0, 0.1) is 0 Å². The summed E-state index contributed by atoms with van der Waals surface area (Å²) in [6.07, 6.45) is 5.34. The summed E-state index contributed by atoms with van der Waals surface area (Å²) in [4.78, 5) is 4.72. The molecule has 20 heavy (non-hydrogen) atoms. The molecule has 3 nitrogen and oxygen atoms in total. The van der Waals surface area contributed by atoms with Gasteiger partial charge >= 0.3 is 0 Å². The van der Waals surface area contributed by atoms with Crippen LogP contribution in [0.3, 0.4) is 0 Å². The van der Waals surface area contributed by atoms with Gasteiger partial charge in [0.25, 0.3) is 0 Å². The monoisotopic (exact) mass is 312 g/mol. The van der Waals surface area contributed by atoms with Gasteiger partial charge in [-0.3, -0.25) is 0 Å². The van der Waals surface area contributed by atoms with Gasteiger partial charge in [0.15, 0.2) is 0 Å². The van der Waals surface area contributed by atoms with Crippen molar-refractivity contribution in [2.75, 3.05) is 25.0 Å². The minimum Gasteiger partial charge on any atom is -0.494 e. The molecule has 0 N–H and O–H groups in total. The fourth-order valence-electron chi connectivity index (χ4n) is 2.38. The molecule has 0 aliphatic heterocycles. The fourth-order valence-corrected chi connectivity index (χ4v) is 3.04. The number of imidazole rings is 1. The number of nitrogens with zero attached hydrogens (tertiary/aromatic N) is 2. The molecule has 0 aliphatic rings. The number of fused-ring (bicyclic) bond motifs is 1. The highest BCUT2D eigenvalue weighted by Gasteiger charge is 2.13. The van der Waals surface area contributed by atoms with E-state index in [1.54, 1.807) is 7.11 Å². The Hall–Kier alpha value is -0.870. The number of methoxy groups -OCH3 is 1. The summed E-state index contributed by atoms with van der Waals surface area (Å²) in [7, 11) is 1.69. The van der Waals surface area contributed by atoms with Crippen LogP contribution in [0.2, 0.25) is 0 Å². The molecule has 1 aromatic heterocycles. The maximum atomic E-state index is 5.91. The second-order valence-electron chi connectivity index (χ2n) is 4.65. The molecule has 1 aromatic carbocycles. The van der Waals surface area contributed by atoms with E-state index < -0.39 is 0 Å². The Labute approximate surface area is 129 Å². The summed E-state index contributed by atoms with van der Waals surface area (Å²) in [6.45, 7) is 0.996. The van der Waals surface area contributed by atoms with Gasteiger partial charge in [-0.2, -0.15) is 11.8 Å². The largest absolute Gasteiger partial charge is 0.494 e. The normalized spacial score (nSPS) is 11.2. The number of aromatic nitrogens is 2. The lowest BCUT2D eigenvalue weighted by Gasteiger charge is -2.08. The molecule has 5 heteroatoms. The Morgan fingerprint density at radius 2 is 2.20 bits per heavy atom. The van der Waals surface area contributed by atoms with E-state index in [0.29, 0.717) is 5.88 Å². The van der Waals surface area contributed by atoms with Crippen LogP contribution in [0.25, 0.3) is 11.0 Å². The molecule has 0 amide bonds. The first-order valence-electron chi connectivity index (χ1n) is 6.88. The van der Waals surface area contributed by atoms with Crippen LogP contribution in [0.15, 0.2) is 18.2 Å². The standard InChI is InChI=1S/C15H21ClN2OS/c1-19-13-7-5-6-12-15(13)17-14(8-9-16)18(12)10-3-4-11-20-2/h5-7H,3-4,8-11H2,1-2H3. The minimum atomic E-state index is 0.594. The van der Waals surface area contributed by atoms with E-state index in [4.69, 9.17) is 21.3 Å². The van der Waals surface area contributed by atoms with Gasteiger partial charge in [0, 0.05) is 18.8 Å². The number of rotatable bonds is 8. The number of benzene rings is 1. The van der Waals surface area contributed by atoms with Crippen molar-refractivity contribution in [2.45, 2.75) is 25.8 Å². The molecule has 0 unspecified atom stereocenters. The Balaban J connectivity index is 2.31. The second kappa shape index (κ2) is 7.79. The van der Waals surface area contributed by atoms with E-state index in [0.717, 1.165) is 35.6 Å². The Bertz CT molecular complexity index is 556. The molecular weight excluding hydrogens is 292 g/mol. The zero-order valence-electron chi connectivity index (χ0n) is 12.1. The van der Waals surface area contributed by atoms with Crippen LogP contribution in [0.4, 0.5) is 0 Å². The Morgan fingerprint density at radius 3 is 2.90 bits per heavy atom. The molecular formula is C15H21ClN2OS. The van der Waals surface area contributed by atoms with Crippen molar-refractivity contribution in [3.05, 3.63) is 24.0 Å². The van der Waals surface area contributed by atoms with Gasteiger partial charge in [-0.1, -0.05) is 6.07 Å². The molecule has 0 atom stereocenters. The van der Waals surface area contributed by atoms with Gasteiger partial charge < -0.3 is 9.30 Å². The third-order valence-electron chi connectivity index (χ3n) is 3.34. The minimum absolute atomic E-state index is 0.594. The quantitative estimate of drug-likeness (QED) is 0.545. The van der Waals surface area contributed by atoms with E-state index in [1.165, 1.54) is 18.6 Å². The summed E-state index contributed by atoms with van der Waals surface area (Å²) in [5.74, 6) is 3.70. The zero-order chi connectivity index (χ0) is 14.4. The molecule has 0 bridgehead atoms. The number of para-hydroxylation sites is 1. The average molecular weight is 313 g/mol. The molecule has 0 aliphatic carbocycles. The smallest absolute Gasteiger partial charge is 0.146 e.